The fourth-order valence-electron chi connectivity index (χ4n) is 2.60. The van der Waals surface area contributed by atoms with Crippen molar-refractivity contribution in [2.24, 2.45) is 0 Å². The number of hydrogen-bond acceptors (Lipinski definition) is 3. The molecule has 0 unspecified atom stereocenters. The van der Waals surface area contributed by atoms with Crippen molar-refractivity contribution in [1.29, 1.82) is 0 Å². The monoisotopic (exact) mass is 236 g/mol. The molecule has 0 bridgehead atoms. The number of piperazine rings is 1. The van der Waals surface area contributed by atoms with Gasteiger partial charge in [-0.05, 0) is 25.0 Å². The summed E-state index contributed by atoms with van der Waals surface area (Å²) in [7, 11) is 0. The molecule has 1 fully saturated rings. The Kier molecular flexibility index (Phi) is 3.84. The molecule has 1 aliphatic heterocycles. The van der Waals surface area contributed by atoms with Gasteiger partial charge in [0.05, 0.1) is 6.26 Å². The number of carbonyl (C=O) groups is 1. The topological polar surface area (TPSA) is 45.5 Å². The molecule has 1 aromatic heterocycles. The summed E-state index contributed by atoms with van der Waals surface area (Å²) in [5, 5.41) is 3.48. The molecule has 1 saturated heterocycles. The number of rotatable bonds is 3. The molecule has 2 atom stereocenters. The van der Waals surface area contributed by atoms with E-state index in [9.17, 15) is 4.79 Å². The van der Waals surface area contributed by atoms with E-state index in [0.29, 0.717) is 11.8 Å². The highest BCUT2D eigenvalue weighted by molar-refractivity contribution is 5.91. The minimum Gasteiger partial charge on any atom is -0.459 e. The number of amides is 1. The van der Waals surface area contributed by atoms with Gasteiger partial charge in [0.25, 0.3) is 5.91 Å². The van der Waals surface area contributed by atoms with Gasteiger partial charge in [-0.15, -0.1) is 0 Å². The first kappa shape index (κ1) is 12.2. The molecule has 1 N–H and O–H groups in total. The van der Waals surface area contributed by atoms with E-state index in [0.717, 1.165) is 25.9 Å². The summed E-state index contributed by atoms with van der Waals surface area (Å²) in [6.07, 6.45) is 3.56. The summed E-state index contributed by atoms with van der Waals surface area (Å²) < 4.78 is 5.20. The highest BCUT2D eigenvalue weighted by atomic mass is 16.3. The van der Waals surface area contributed by atoms with Crippen LogP contribution in [0.3, 0.4) is 0 Å². The van der Waals surface area contributed by atoms with Crippen LogP contribution < -0.4 is 5.32 Å². The van der Waals surface area contributed by atoms with Gasteiger partial charge in [0, 0.05) is 25.2 Å². The number of nitrogens with zero attached hydrogens (tertiary/aromatic N) is 1. The molecule has 1 amide bonds. The van der Waals surface area contributed by atoms with Gasteiger partial charge in [0.15, 0.2) is 5.76 Å². The van der Waals surface area contributed by atoms with E-state index in [1.807, 2.05) is 4.90 Å². The van der Waals surface area contributed by atoms with E-state index in [-0.39, 0.29) is 11.9 Å². The van der Waals surface area contributed by atoms with Gasteiger partial charge in [0.2, 0.25) is 0 Å². The van der Waals surface area contributed by atoms with Crippen LogP contribution in [0.5, 0.6) is 0 Å². The minimum atomic E-state index is 0.0156. The molecule has 94 valence electrons. The van der Waals surface area contributed by atoms with Crippen molar-refractivity contribution in [3.8, 4) is 0 Å². The summed E-state index contributed by atoms with van der Waals surface area (Å²) in [6.45, 7) is 5.90. The SMILES string of the molecule is CC[C@@H]1[C@@H](CC)NCCN1C(=O)c1ccco1. The Morgan fingerprint density at radius 1 is 1.53 bits per heavy atom. The Morgan fingerprint density at radius 3 is 2.94 bits per heavy atom. The highest BCUT2D eigenvalue weighted by Crippen LogP contribution is 2.18. The number of carbonyl (C=O) groups excluding carboxylic acids is 1. The molecule has 0 aromatic carbocycles. The van der Waals surface area contributed by atoms with Crippen molar-refractivity contribution >= 4 is 5.91 Å². The van der Waals surface area contributed by atoms with E-state index in [4.69, 9.17) is 4.42 Å². The first-order valence-corrected chi connectivity index (χ1v) is 6.35. The second-order valence-corrected chi connectivity index (χ2v) is 4.42. The quantitative estimate of drug-likeness (QED) is 0.871. The zero-order valence-electron chi connectivity index (χ0n) is 10.5. The van der Waals surface area contributed by atoms with Gasteiger partial charge in [-0.25, -0.2) is 0 Å². The molecule has 4 heteroatoms. The van der Waals surface area contributed by atoms with Crippen LogP contribution in [0.2, 0.25) is 0 Å². The van der Waals surface area contributed by atoms with E-state index in [2.05, 4.69) is 19.2 Å². The van der Waals surface area contributed by atoms with Gasteiger partial charge < -0.3 is 14.6 Å². The Hall–Kier alpha value is -1.29. The van der Waals surface area contributed by atoms with E-state index < -0.39 is 0 Å². The lowest BCUT2D eigenvalue weighted by Crippen LogP contribution is -2.59. The second-order valence-electron chi connectivity index (χ2n) is 4.42. The van der Waals surface area contributed by atoms with E-state index in [1.165, 1.54) is 0 Å². The van der Waals surface area contributed by atoms with Crippen LogP contribution in [0, 0.1) is 0 Å². The summed E-state index contributed by atoms with van der Waals surface area (Å²) in [6, 6.07) is 4.16. The molecule has 0 aliphatic carbocycles. The Morgan fingerprint density at radius 2 is 2.35 bits per heavy atom. The van der Waals surface area contributed by atoms with E-state index in [1.54, 1.807) is 18.4 Å². The van der Waals surface area contributed by atoms with Crippen LogP contribution in [-0.4, -0.2) is 36.0 Å². The second kappa shape index (κ2) is 5.36. The molecule has 1 aliphatic rings. The average Bonchev–Trinajstić information content (AvgIpc) is 2.90. The van der Waals surface area contributed by atoms with Crippen molar-refractivity contribution in [1.82, 2.24) is 10.2 Å². The maximum Gasteiger partial charge on any atom is 0.289 e. The van der Waals surface area contributed by atoms with Crippen molar-refractivity contribution < 1.29 is 9.21 Å². The lowest BCUT2D eigenvalue weighted by Gasteiger charge is -2.41. The molecule has 0 saturated carbocycles. The van der Waals surface area contributed by atoms with Crippen LogP contribution >= 0.6 is 0 Å². The predicted octanol–water partition coefficient (Wildman–Crippen LogP) is 1.88. The van der Waals surface area contributed by atoms with Crippen molar-refractivity contribution in [3.63, 3.8) is 0 Å². The first-order valence-electron chi connectivity index (χ1n) is 6.35. The number of hydrogen-bond donors (Lipinski definition) is 1. The van der Waals surface area contributed by atoms with Gasteiger partial charge >= 0.3 is 0 Å². The fourth-order valence-corrected chi connectivity index (χ4v) is 2.60. The molecular formula is C13H20N2O2. The Labute approximate surface area is 102 Å². The lowest BCUT2D eigenvalue weighted by atomic mass is 9.98. The molecule has 2 heterocycles. The van der Waals surface area contributed by atoms with Gasteiger partial charge in [-0.3, -0.25) is 4.79 Å². The van der Waals surface area contributed by atoms with Gasteiger partial charge in [0.1, 0.15) is 0 Å². The maximum atomic E-state index is 12.3. The molecule has 2 rings (SSSR count). The minimum absolute atomic E-state index is 0.0156. The molecule has 4 nitrogen and oxygen atoms in total. The third-order valence-electron chi connectivity index (χ3n) is 3.47. The lowest BCUT2D eigenvalue weighted by molar-refractivity contribution is 0.0520. The fraction of sp³-hybridized carbons (Fsp3) is 0.615. The van der Waals surface area contributed by atoms with Crippen molar-refractivity contribution in [3.05, 3.63) is 24.2 Å². The normalized spacial score (nSPS) is 24.9. The predicted molar refractivity (Wildman–Crippen MR) is 65.9 cm³/mol. The summed E-state index contributed by atoms with van der Waals surface area (Å²) in [5.74, 6) is 0.460. The van der Waals surface area contributed by atoms with Crippen LogP contribution in [-0.2, 0) is 0 Å². The first-order chi connectivity index (χ1) is 8.27. The number of nitrogens with one attached hydrogen (secondary N) is 1. The third-order valence-corrected chi connectivity index (χ3v) is 3.47. The zero-order chi connectivity index (χ0) is 12.3. The zero-order valence-corrected chi connectivity index (χ0v) is 10.5. The van der Waals surface area contributed by atoms with Crippen molar-refractivity contribution in [2.45, 2.75) is 38.8 Å². The van der Waals surface area contributed by atoms with Crippen LogP contribution in [0.25, 0.3) is 0 Å². The van der Waals surface area contributed by atoms with E-state index >= 15 is 0 Å². The smallest absolute Gasteiger partial charge is 0.289 e. The van der Waals surface area contributed by atoms with Gasteiger partial charge in [-0.2, -0.15) is 0 Å². The Bertz CT molecular complexity index is 362. The molecule has 0 spiro atoms. The third kappa shape index (κ3) is 2.36. The molecule has 0 radical (unpaired) electrons. The van der Waals surface area contributed by atoms with Gasteiger partial charge in [-0.1, -0.05) is 13.8 Å². The standard InChI is InChI=1S/C13H20N2O2/c1-3-10-11(4-2)15(8-7-14-10)13(16)12-6-5-9-17-12/h5-6,9-11,14H,3-4,7-8H2,1-2H3/t10-,11-/m1/s1. The summed E-state index contributed by atoms with van der Waals surface area (Å²) in [4.78, 5) is 14.2. The van der Waals surface area contributed by atoms with Crippen LogP contribution in [0.4, 0.5) is 0 Å². The average molecular weight is 236 g/mol. The molecule has 1 aromatic rings. The molecular weight excluding hydrogens is 216 g/mol. The summed E-state index contributed by atoms with van der Waals surface area (Å²) in [5.41, 5.74) is 0. The summed E-state index contributed by atoms with van der Waals surface area (Å²) >= 11 is 0. The highest BCUT2D eigenvalue weighted by Gasteiger charge is 2.33. The Balaban J connectivity index is 2.15. The van der Waals surface area contributed by atoms with Crippen molar-refractivity contribution in [2.75, 3.05) is 13.1 Å². The maximum absolute atomic E-state index is 12.3. The van der Waals surface area contributed by atoms with Crippen LogP contribution in [0.15, 0.2) is 22.8 Å². The van der Waals surface area contributed by atoms with Crippen LogP contribution in [0.1, 0.15) is 37.2 Å². The molecule has 17 heavy (non-hydrogen) atoms. The largest absolute Gasteiger partial charge is 0.459 e. The number of furan rings is 1.